The number of amides is 4. The number of likely N-dealkylation sites (tertiary alicyclic amines) is 1. The van der Waals surface area contributed by atoms with Crippen molar-refractivity contribution in [2.24, 2.45) is 5.41 Å². The van der Waals surface area contributed by atoms with Crippen molar-refractivity contribution in [3.05, 3.63) is 12.7 Å². The van der Waals surface area contributed by atoms with Crippen LogP contribution < -0.4 is 21.3 Å². The molecule has 1 aliphatic carbocycles. The predicted octanol–water partition coefficient (Wildman–Crippen LogP) is 4.77. The summed E-state index contributed by atoms with van der Waals surface area (Å²) in [6, 6.07) is -1.78. The van der Waals surface area contributed by atoms with E-state index < -0.39 is 17.7 Å². The van der Waals surface area contributed by atoms with Gasteiger partial charge in [0.2, 0.25) is 11.7 Å². The van der Waals surface area contributed by atoms with Crippen LogP contribution in [0.4, 0.5) is 4.79 Å². The van der Waals surface area contributed by atoms with E-state index in [2.05, 4.69) is 54.5 Å². The largest absolute Gasteiger partial charge is 0.346 e. The zero-order valence-corrected chi connectivity index (χ0v) is 29.1. The lowest BCUT2D eigenvalue weighted by Gasteiger charge is -2.38. The molecule has 0 aromatic heterocycles. The summed E-state index contributed by atoms with van der Waals surface area (Å²) in [6.45, 7) is 18.9. The van der Waals surface area contributed by atoms with Gasteiger partial charge in [0.25, 0.3) is 5.91 Å². The molecule has 1 aliphatic heterocycles. The molecule has 3 atom stereocenters. The Bertz CT molecular complexity index is 865. The average Bonchev–Trinajstić information content (AvgIpc) is 3.48. The van der Waals surface area contributed by atoms with Crippen molar-refractivity contribution < 1.29 is 24.0 Å². The van der Waals surface area contributed by atoms with Gasteiger partial charge in [0.05, 0.1) is 18.1 Å². The number of carbonyl (C=O) groups excluding carboxylic acids is 5. The zero-order valence-electron chi connectivity index (χ0n) is 29.1. The number of terminal acetylenes is 1. The number of hydrogen-bond donors (Lipinski definition) is 4. The number of aldehydes is 1. The molecule has 254 valence electrons. The van der Waals surface area contributed by atoms with E-state index in [-0.39, 0.29) is 42.4 Å². The number of Topliss-reactive ketones (excluding diaryl/α,β-unsaturated/α-hetero) is 1. The summed E-state index contributed by atoms with van der Waals surface area (Å²) in [5.41, 5.74) is -0.0630. The van der Waals surface area contributed by atoms with E-state index >= 15 is 0 Å². The summed E-state index contributed by atoms with van der Waals surface area (Å²) < 4.78 is 0. The molecule has 0 radical (unpaired) electrons. The number of urea groups is 1. The molecule has 44 heavy (non-hydrogen) atoms. The number of nitrogens with one attached hydrogen (secondary N) is 4. The molecule has 4 amide bonds. The highest BCUT2D eigenvalue weighted by Gasteiger charge is 2.36. The number of hydrogen-bond acceptors (Lipinski definition) is 6. The van der Waals surface area contributed by atoms with Gasteiger partial charge in [0.15, 0.2) is 0 Å². The third kappa shape index (κ3) is 18.5. The molecule has 1 saturated carbocycles. The highest BCUT2D eigenvalue weighted by Crippen LogP contribution is 2.38. The second-order valence-electron chi connectivity index (χ2n) is 10.6. The topological polar surface area (TPSA) is 137 Å². The third-order valence-electron chi connectivity index (χ3n) is 7.06. The monoisotopic (exact) mass is 621 g/mol. The molecule has 0 aromatic carbocycles. The molecular weight excluding hydrogens is 558 g/mol. The molecule has 0 bridgehead atoms. The van der Waals surface area contributed by atoms with E-state index in [0.717, 1.165) is 51.4 Å². The second kappa shape index (κ2) is 28.6. The average molecular weight is 622 g/mol. The molecule has 3 unspecified atom stereocenters. The number of ketones is 1. The Balaban J connectivity index is -0.000000662. The van der Waals surface area contributed by atoms with Crippen LogP contribution in [-0.2, 0) is 19.2 Å². The predicted molar refractivity (Wildman–Crippen MR) is 181 cm³/mol. The Morgan fingerprint density at radius 2 is 1.61 bits per heavy atom. The smallest absolute Gasteiger partial charge is 0.315 e. The molecule has 1 saturated heterocycles. The SMILES string of the molecule is C#CCCC(NC(=O)C1CCCN1C)C(=O)C(=O)NCC=C.CC.CC.CCC.CNC(=O)NC(C=O)C1(C)CCCCC1. The Labute approximate surface area is 268 Å². The molecule has 2 fully saturated rings. The van der Waals surface area contributed by atoms with Crippen molar-refractivity contribution in [2.45, 2.75) is 131 Å². The Hall–Kier alpha value is -3.19. The quantitative estimate of drug-likeness (QED) is 0.114. The number of carbonyl (C=O) groups is 5. The van der Waals surface area contributed by atoms with Crippen molar-refractivity contribution in [1.82, 2.24) is 26.2 Å². The van der Waals surface area contributed by atoms with Crippen molar-refractivity contribution in [2.75, 3.05) is 27.2 Å². The fraction of sp³-hybridized carbons (Fsp3) is 0.735. The maximum atomic E-state index is 12.3. The van der Waals surface area contributed by atoms with Gasteiger partial charge in [-0.3, -0.25) is 19.3 Å². The highest BCUT2D eigenvalue weighted by molar-refractivity contribution is 6.38. The molecule has 2 rings (SSSR count). The Kier molecular flexibility index (Phi) is 29.4. The summed E-state index contributed by atoms with van der Waals surface area (Å²) >= 11 is 0. The number of likely N-dealkylation sites (N-methyl/N-ethyl adjacent to an activating group) is 1. The summed E-state index contributed by atoms with van der Waals surface area (Å²) in [4.78, 5) is 60.3. The molecule has 2 aliphatic rings. The van der Waals surface area contributed by atoms with Crippen LogP contribution in [0.3, 0.4) is 0 Å². The van der Waals surface area contributed by atoms with Gasteiger partial charge in [-0.2, -0.15) is 0 Å². The second-order valence-corrected chi connectivity index (χ2v) is 10.6. The molecular formula is C34H63N5O5. The lowest BCUT2D eigenvalue weighted by molar-refractivity contribution is -0.140. The van der Waals surface area contributed by atoms with Crippen LogP contribution >= 0.6 is 0 Å². The fourth-order valence-corrected chi connectivity index (χ4v) is 4.67. The van der Waals surface area contributed by atoms with Crippen LogP contribution in [0.15, 0.2) is 12.7 Å². The summed E-state index contributed by atoms with van der Waals surface area (Å²) in [7, 11) is 3.42. The first-order valence-corrected chi connectivity index (χ1v) is 16.4. The van der Waals surface area contributed by atoms with Gasteiger partial charge in [-0.15, -0.1) is 18.9 Å². The number of nitrogens with zero attached hydrogens (tertiary/aromatic N) is 1. The van der Waals surface area contributed by atoms with Gasteiger partial charge in [-0.25, -0.2) is 4.79 Å². The van der Waals surface area contributed by atoms with E-state index in [0.29, 0.717) is 6.42 Å². The lowest BCUT2D eigenvalue weighted by Crippen LogP contribution is -2.51. The van der Waals surface area contributed by atoms with Crippen molar-refractivity contribution in [3.8, 4) is 12.3 Å². The van der Waals surface area contributed by atoms with E-state index in [1.165, 1.54) is 18.9 Å². The Morgan fingerprint density at radius 1 is 1.05 bits per heavy atom. The van der Waals surface area contributed by atoms with Crippen LogP contribution in [-0.4, -0.2) is 80.1 Å². The van der Waals surface area contributed by atoms with Gasteiger partial charge in [0.1, 0.15) is 6.29 Å². The first-order chi connectivity index (χ1) is 21.0. The van der Waals surface area contributed by atoms with Crippen LogP contribution in [0.1, 0.15) is 113 Å². The molecule has 0 aromatic rings. The van der Waals surface area contributed by atoms with E-state index in [1.54, 1.807) is 7.05 Å². The maximum Gasteiger partial charge on any atom is 0.315 e. The van der Waals surface area contributed by atoms with Gasteiger partial charge in [-0.05, 0) is 51.1 Å². The normalized spacial score (nSPS) is 17.5. The summed E-state index contributed by atoms with van der Waals surface area (Å²) in [5, 5.41) is 10.3. The fourth-order valence-electron chi connectivity index (χ4n) is 4.67. The molecule has 4 N–H and O–H groups in total. The molecule has 10 nitrogen and oxygen atoms in total. The van der Waals surface area contributed by atoms with Gasteiger partial charge >= 0.3 is 6.03 Å². The van der Waals surface area contributed by atoms with E-state index in [4.69, 9.17) is 6.42 Å². The van der Waals surface area contributed by atoms with E-state index in [9.17, 15) is 24.0 Å². The minimum Gasteiger partial charge on any atom is -0.346 e. The summed E-state index contributed by atoms with van der Waals surface area (Å²) in [5.74, 6) is 0.786. The van der Waals surface area contributed by atoms with Crippen LogP contribution in [0.5, 0.6) is 0 Å². The van der Waals surface area contributed by atoms with E-state index in [1.807, 2.05) is 39.6 Å². The van der Waals surface area contributed by atoms with Crippen molar-refractivity contribution in [3.63, 3.8) is 0 Å². The lowest BCUT2D eigenvalue weighted by atomic mass is 9.71. The van der Waals surface area contributed by atoms with Crippen LogP contribution in [0.25, 0.3) is 0 Å². The minimum atomic E-state index is -0.887. The summed E-state index contributed by atoms with van der Waals surface area (Å²) in [6.07, 6.45) is 16.6. The maximum absolute atomic E-state index is 12.3. The molecule has 1 heterocycles. The first-order valence-electron chi connectivity index (χ1n) is 16.4. The third-order valence-corrected chi connectivity index (χ3v) is 7.06. The molecule has 0 spiro atoms. The van der Waals surface area contributed by atoms with Gasteiger partial charge in [-0.1, -0.05) is 80.2 Å². The highest BCUT2D eigenvalue weighted by atomic mass is 16.2. The van der Waals surface area contributed by atoms with Gasteiger partial charge < -0.3 is 26.1 Å². The minimum absolute atomic E-state index is 0.0630. The van der Waals surface area contributed by atoms with Crippen molar-refractivity contribution >= 4 is 29.9 Å². The van der Waals surface area contributed by atoms with Gasteiger partial charge in [0, 0.05) is 20.0 Å². The Morgan fingerprint density at radius 3 is 2.05 bits per heavy atom. The van der Waals surface area contributed by atoms with Crippen LogP contribution in [0.2, 0.25) is 0 Å². The number of rotatable bonds is 11. The zero-order chi connectivity index (χ0) is 34.6. The van der Waals surface area contributed by atoms with Crippen molar-refractivity contribution in [1.29, 1.82) is 0 Å². The van der Waals surface area contributed by atoms with Crippen LogP contribution in [0, 0.1) is 17.8 Å². The first kappa shape index (κ1) is 45.2. The standard InChI is InChI=1S/C16H23N3O3.C11H20N2O2.C3H8.2C2H6/c1-4-6-8-12(14(20)16(22)17-10-5-2)18-15(21)13-9-7-11-19(13)3;1-11(6-4-3-5-7-11)9(8-14)13-10(15)12-2;1-3-2;2*1-2/h1,5,12-13H,2,6-11H2,3H3,(H,17,22)(H,18,21);8-9H,3-7H2,1-2H3,(H2,12,13,15);3H2,1-2H3;2*1-2H3. The molecule has 10 heteroatoms.